The van der Waals surface area contributed by atoms with Crippen molar-refractivity contribution in [3.63, 3.8) is 0 Å². The molecule has 0 unspecified atom stereocenters. The van der Waals surface area contributed by atoms with Gasteiger partial charge in [0, 0.05) is 54.8 Å². The number of aromatic amines is 1. The Bertz CT molecular complexity index is 1070. The van der Waals surface area contributed by atoms with Crippen LogP contribution in [0.3, 0.4) is 0 Å². The molecule has 4 heterocycles. The first-order valence-corrected chi connectivity index (χ1v) is 10.6. The van der Waals surface area contributed by atoms with Gasteiger partial charge in [0.05, 0.1) is 0 Å². The summed E-state index contributed by atoms with van der Waals surface area (Å²) in [6.45, 7) is 5.47. The van der Waals surface area contributed by atoms with Crippen molar-refractivity contribution in [2.75, 3.05) is 26.2 Å². The molecule has 30 heavy (non-hydrogen) atoms. The van der Waals surface area contributed by atoms with Crippen LogP contribution in [0.15, 0.2) is 61.6 Å². The first-order valence-electron chi connectivity index (χ1n) is 10.6. The van der Waals surface area contributed by atoms with Gasteiger partial charge >= 0.3 is 0 Å². The van der Waals surface area contributed by atoms with Crippen molar-refractivity contribution in [1.82, 2.24) is 34.9 Å². The van der Waals surface area contributed by atoms with E-state index in [1.165, 1.54) is 41.5 Å². The Morgan fingerprint density at radius 1 is 1.10 bits per heavy atom. The molecule has 0 bridgehead atoms. The maximum absolute atomic E-state index is 4.08. The summed E-state index contributed by atoms with van der Waals surface area (Å²) in [5, 5.41) is 12.7. The third-order valence-corrected chi connectivity index (χ3v) is 6.05. The number of pyridine rings is 1. The van der Waals surface area contributed by atoms with E-state index in [-0.39, 0.29) is 0 Å². The predicted octanol–water partition coefficient (Wildman–Crippen LogP) is 2.80. The highest BCUT2D eigenvalue weighted by Crippen LogP contribution is 2.23. The van der Waals surface area contributed by atoms with Gasteiger partial charge in [0.15, 0.2) is 0 Å². The van der Waals surface area contributed by atoms with E-state index in [1.54, 1.807) is 12.7 Å². The van der Waals surface area contributed by atoms with Crippen LogP contribution >= 0.6 is 0 Å². The standard InChI is InChI=1S/C23H27N7/c1-2-23-22(11-21(1)30-16-27-28-17-30)20(14-26-23)6-10-29-9-5-19(15-29)13-25-12-18-3-7-24-8-4-18/h1-4,7-8,11,14,16-17,19,25-26H,5-6,9-10,12-13,15H2/t19-/m0/s1. The molecule has 0 saturated carbocycles. The Kier molecular flexibility index (Phi) is 5.54. The zero-order valence-corrected chi connectivity index (χ0v) is 17.0. The molecule has 1 saturated heterocycles. The summed E-state index contributed by atoms with van der Waals surface area (Å²) in [4.78, 5) is 10.1. The Morgan fingerprint density at radius 3 is 2.83 bits per heavy atom. The number of likely N-dealkylation sites (tertiary alicyclic amines) is 1. The molecule has 5 rings (SSSR count). The Hall–Kier alpha value is -3.03. The maximum atomic E-state index is 4.08. The fourth-order valence-corrected chi connectivity index (χ4v) is 4.35. The number of benzene rings is 1. The van der Waals surface area contributed by atoms with Gasteiger partial charge in [-0.3, -0.25) is 9.55 Å². The van der Waals surface area contributed by atoms with Gasteiger partial charge in [-0.2, -0.15) is 0 Å². The molecule has 7 heteroatoms. The molecule has 1 aliphatic heterocycles. The summed E-state index contributed by atoms with van der Waals surface area (Å²) < 4.78 is 1.94. The third-order valence-electron chi connectivity index (χ3n) is 6.05. The summed E-state index contributed by atoms with van der Waals surface area (Å²) in [7, 11) is 0. The number of aromatic nitrogens is 5. The largest absolute Gasteiger partial charge is 0.361 e. The zero-order valence-electron chi connectivity index (χ0n) is 17.0. The van der Waals surface area contributed by atoms with Gasteiger partial charge in [-0.1, -0.05) is 0 Å². The topological polar surface area (TPSA) is 74.7 Å². The SMILES string of the molecule is c1cc(CNC[C@@H]2CCN(CCc3c[nH]c4ccc(-n5cnnc5)cc34)C2)ccn1. The van der Waals surface area contributed by atoms with E-state index in [0.717, 1.165) is 37.7 Å². The summed E-state index contributed by atoms with van der Waals surface area (Å²) in [5.41, 5.74) is 4.94. The van der Waals surface area contributed by atoms with Crippen LogP contribution in [0.4, 0.5) is 0 Å². The Morgan fingerprint density at radius 2 is 1.97 bits per heavy atom. The molecule has 3 aromatic heterocycles. The van der Waals surface area contributed by atoms with Crippen molar-refractivity contribution in [1.29, 1.82) is 0 Å². The van der Waals surface area contributed by atoms with Crippen LogP contribution in [0.1, 0.15) is 17.5 Å². The highest BCUT2D eigenvalue weighted by Gasteiger charge is 2.22. The minimum absolute atomic E-state index is 0.732. The van der Waals surface area contributed by atoms with Crippen LogP contribution < -0.4 is 5.32 Å². The fraction of sp³-hybridized carbons (Fsp3) is 0.348. The van der Waals surface area contributed by atoms with Gasteiger partial charge in [0.2, 0.25) is 0 Å². The number of nitrogens with zero attached hydrogens (tertiary/aromatic N) is 5. The minimum Gasteiger partial charge on any atom is -0.361 e. The van der Waals surface area contributed by atoms with E-state index in [9.17, 15) is 0 Å². The van der Waals surface area contributed by atoms with Crippen LogP contribution in [0.25, 0.3) is 16.6 Å². The number of hydrogen-bond donors (Lipinski definition) is 2. The first-order chi connectivity index (χ1) is 14.8. The van der Waals surface area contributed by atoms with Crippen molar-refractivity contribution in [2.45, 2.75) is 19.4 Å². The van der Waals surface area contributed by atoms with Crippen LogP contribution in [0, 0.1) is 5.92 Å². The van der Waals surface area contributed by atoms with Crippen LogP contribution in [0.2, 0.25) is 0 Å². The quantitative estimate of drug-likeness (QED) is 0.475. The molecule has 1 fully saturated rings. The van der Waals surface area contributed by atoms with Gasteiger partial charge in [-0.15, -0.1) is 10.2 Å². The van der Waals surface area contributed by atoms with Crippen molar-refractivity contribution in [2.24, 2.45) is 5.92 Å². The average Bonchev–Trinajstić information content (AvgIpc) is 3.54. The predicted molar refractivity (Wildman–Crippen MR) is 117 cm³/mol. The summed E-state index contributed by atoms with van der Waals surface area (Å²) in [6, 6.07) is 10.6. The Balaban J connectivity index is 1.14. The second kappa shape index (κ2) is 8.77. The number of H-pyrrole nitrogens is 1. The van der Waals surface area contributed by atoms with Gasteiger partial charge in [-0.05, 0) is 73.3 Å². The highest BCUT2D eigenvalue weighted by molar-refractivity contribution is 5.85. The lowest BCUT2D eigenvalue weighted by Gasteiger charge is -2.16. The molecular formula is C23H27N7. The van der Waals surface area contributed by atoms with Crippen LogP contribution in [-0.2, 0) is 13.0 Å². The molecule has 154 valence electrons. The second-order valence-electron chi connectivity index (χ2n) is 8.10. The fourth-order valence-electron chi connectivity index (χ4n) is 4.35. The smallest absolute Gasteiger partial charge is 0.123 e. The van der Waals surface area contributed by atoms with Crippen LogP contribution in [-0.4, -0.2) is 55.8 Å². The number of hydrogen-bond acceptors (Lipinski definition) is 5. The molecule has 1 atom stereocenters. The second-order valence-corrected chi connectivity index (χ2v) is 8.10. The number of rotatable bonds is 8. The van der Waals surface area contributed by atoms with Gasteiger partial charge in [0.1, 0.15) is 12.7 Å². The van der Waals surface area contributed by atoms with Crippen molar-refractivity contribution in [3.05, 3.63) is 72.7 Å². The number of fused-ring (bicyclic) bond motifs is 1. The van der Waals surface area contributed by atoms with Crippen LogP contribution in [0.5, 0.6) is 0 Å². The normalized spacial score (nSPS) is 17.1. The molecule has 0 aliphatic carbocycles. The van der Waals surface area contributed by atoms with Gasteiger partial charge in [0.25, 0.3) is 0 Å². The van der Waals surface area contributed by atoms with E-state index in [0.29, 0.717) is 0 Å². The average molecular weight is 402 g/mol. The van der Waals surface area contributed by atoms with E-state index in [1.807, 2.05) is 17.0 Å². The molecule has 1 aromatic carbocycles. The molecule has 0 radical (unpaired) electrons. The lowest BCUT2D eigenvalue weighted by molar-refractivity contribution is 0.326. The number of nitrogens with one attached hydrogen (secondary N) is 2. The summed E-state index contributed by atoms with van der Waals surface area (Å²) in [6.07, 6.45) is 11.7. The molecule has 4 aromatic rings. The van der Waals surface area contributed by atoms with E-state index in [4.69, 9.17) is 0 Å². The van der Waals surface area contributed by atoms with E-state index >= 15 is 0 Å². The monoisotopic (exact) mass is 401 g/mol. The van der Waals surface area contributed by atoms with Crippen molar-refractivity contribution < 1.29 is 0 Å². The molecule has 0 spiro atoms. The third kappa shape index (κ3) is 4.27. The van der Waals surface area contributed by atoms with Gasteiger partial charge < -0.3 is 15.2 Å². The lowest BCUT2D eigenvalue weighted by atomic mass is 10.1. The Labute approximate surface area is 176 Å². The molecular weight excluding hydrogens is 374 g/mol. The highest BCUT2D eigenvalue weighted by atomic mass is 15.2. The van der Waals surface area contributed by atoms with E-state index in [2.05, 4.69) is 66.9 Å². The minimum atomic E-state index is 0.732. The molecule has 1 aliphatic rings. The van der Waals surface area contributed by atoms with E-state index < -0.39 is 0 Å². The maximum Gasteiger partial charge on any atom is 0.123 e. The van der Waals surface area contributed by atoms with Crippen molar-refractivity contribution in [3.8, 4) is 5.69 Å². The molecule has 2 N–H and O–H groups in total. The van der Waals surface area contributed by atoms with Gasteiger partial charge in [-0.25, -0.2) is 0 Å². The summed E-state index contributed by atoms with van der Waals surface area (Å²) in [5.74, 6) is 0.732. The lowest BCUT2D eigenvalue weighted by Crippen LogP contribution is -2.27. The molecule has 0 amide bonds. The molecule has 7 nitrogen and oxygen atoms in total. The summed E-state index contributed by atoms with van der Waals surface area (Å²) >= 11 is 0. The first kappa shape index (κ1) is 19.0. The zero-order chi connectivity index (χ0) is 20.2. The van der Waals surface area contributed by atoms with Crippen molar-refractivity contribution >= 4 is 10.9 Å².